The number of ketones is 1. The molecule has 3 heterocycles. The summed E-state index contributed by atoms with van der Waals surface area (Å²) in [6.07, 6.45) is 5.12. The number of nitrogens with one attached hydrogen (secondary N) is 1. The molecular weight excluding hydrogens is 373 g/mol. The third kappa shape index (κ3) is 3.40. The van der Waals surface area contributed by atoms with Crippen molar-refractivity contribution >= 4 is 37.1 Å². The van der Waals surface area contributed by atoms with Crippen LogP contribution in [0.15, 0.2) is 73.2 Å². The third-order valence-corrected chi connectivity index (χ3v) is 6.65. The number of carbonyl (C=O) groups excluding carboxylic acids is 1. The molecule has 0 spiro atoms. The molecule has 0 saturated carbocycles. The molecule has 4 rings (SSSR count). The van der Waals surface area contributed by atoms with E-state index in [1.165, 1.54) is 5.56 Å². The number of aromatic nitrogens is 3. The first-order chi connectivity index (χ1) is 12.3. The predicted molar refractivity (Wildman–Crippen MR) is 101 cm³/mol. The van der Waals surface area contributed by atoms with Crippen molar-refractivity contribution in [2.24, 2.45) is 0 Å². The topological polar surface area (TPSA) is 58.6 Å². The molecule has 0 radical (unpaired) electrons. The van der Waals surface area contributed by atoms with Crippen LogP contribution in [-0.2, 0) is 5.21 Å². The summed E-state index contributed by atoms with van der Waals surface area (Å²) in [4.78, 5) is 24.5. The number of fused-ring (bicyclic) bond motifs is 1. The van der Waals surface area contributed by atoms with Crippen LogP contribution in [0.1, 0.15) is 21.5 Å². The molecule has 1 N–H and O–H groups in total. The number of aromatic amines is 1. The van der Waals surface area contributed by atoms with Crippen molar-refractivity contribution in [3.05, 3.63) is 89.9 Å². The Balaban J connectivity index is 1.51. The van der Waals surface area contributed by atoms with Crippen LogP contribution < -0.4 is 4.48 Å². The number of H-pyrrole nitrogens is 1. The minimum atomic E-state index is -0.341. The van der Waals surface area contributed by atoms with Gasteiger partial charge in [0.15, 0.2) is 0 Å². The number of rotatable bonds is 5. The van der Waals surface area contributed by atoms with Gasteiger partial charge in [0.2, 0.25) is 0 Å². The van der Waals surface area contributed by atoms with Gasteiger partial charge in [-0.25, -0.2) is 0 Å². The quantitative estimate of drug-likeness (QED) is 0.422. The Labute approximate surface area is 152 Å². The summed E-state index contributed by atoms with van der Waals surface area (Å²) in [5.74, 6) is -0.0265. The van der Waals surface area contributed by atoms with Gasteiger partial charge in [0, 0.05) is 0 Å². The number of nitrogens with zero attached hydrogens (tertiary/aromatic N) is 2. The van der Waals surface area contributed by atoms with Gasteiger partial charge in [0.05, 0.1) is 0 Å². The van der Waals surface area contributed by atoms with E-state index in [1.54, 1.807) is 18.6 Å². The summed E-state index contributed by atoms with van der Waals surface area (Å²) in [6, 6.07) is 18.1. The van der Waals surface area contributed by atoms with E-state index in [0.29, 0.717) is 11.1 Å². The van der Waals surface area contributed by atoms with E-state index in [-0.39, 0.29) is 21.5 Å². The Bertz CT molecular complexity index is 1010. The van der Waals surface area contributed by atoms with Crippen molar-refractivity contribution in [3.8, 4) is 0 Å². The van der Waals surface area contributed by atoms with Crippen molar-refractivity contribution in [1.82, 2.24) is 15.0 Å². The fourth-order valence-corrected chi connectivity index (χ4v) is 4.77. The van der Waals surface area contributed by atoms with Gasteiger partial charge >= 0.3 is 152 Å². The van der Waals surface area contributed by atoms with E-state index in [1.807, 2.05) is 30.3 Å². The van der Waals surface area contributed by atoms with E-state index in [4.69, 9.17) is 0 Å². The van der Waals surface area contributed by atoms with Crippen molar-refractivity contribution in [2.75, 3.05) is 0 Å². The molecule has 1 atom stereocenters. The van der Waals surface area contributed by atoms with Crippen LogP contribution in [0, 0.1) is 0 Å². The van der Waals surface area contributed by atoms with Crippen molar-refractivity contribution < 1.29 is 4.79 Å². The molecule has 4 aromatic rings. The fraction of sp³-hybridized carbons (Fsp3) is 0.0500. The summed E-state index contributed by atoms with van der Waals surface area (Å²) in [6.45, 7) is 0. The molecule has 3 aromatic heterocycles. The average molecular weight is 389 g/mol. The van der Waals surface area contributed by atoms with E-state index < -0.39 is 0 Å². The second kappa shape index (κ2) is 7.04. The first-order valence-electron chi connectivity index (χ1n) is 8.02. The molecule has 122 valence electrons. The maximum absolute atomic E-state index is 12.7. The molecule has 1 unspecified atom stereocenters. The summed E-state index contributed by atoms with van der Waals surface area (Å²) in [7, 11) is 0. The Hall–Kier alpha value is -2.71. The third-order valence-electron chi connectivity index (χ3n) is 4.04. The standard InChI is InChI=1S/C20H16AsN3O/c25-19(17-13-24-20-16(17)7-4-10-22-20)15-8-9-18(23-12-15)21-11-14-5-2-1-3-6-14/h1-10,12-13,21H,11H2,(H,22,24). The van der Waals surface area contributed by atoms with E-state index in [0.717, 1.165) is 20.7 Å². The van der Waals surface area contributed by atoms with Crippen LogP contribution >= 0.6 is 0 Å². The molecular formula is C20H16AsN3O. The van der Waals surface area contributed by atoms with Gasteiger partial charge in [-0.2, -0.15) is 0 Å². The van der Waals surface area contributed by atoms with E-state index in [2.05, 4.69) is 39.2 Å². The van der Waals surface area contributed by atoms with Crippen molar-refractivity contribution in [1.29, 1.82) is 0 Å². The summed E-state index contributed by atoms with van der Waals surface area (Å²) in [5, 5.41) is 1.91. The molecule has 0 saturated heterocycles. The summed E-state index contributed by atoms with van der Waals surface area (Å²) < 4.78 is 1.11. The second-order valence-corrected chi connectivity index (χ2v) is 8.26. The number of hydrogen-bond acceptors (Lipinski definition) is 3. The first-order valence-corrected chi connectivity index (χ1v) is 10.6. The van der Waals surface area contributed by atoms with E-state index >= 15 is 0 Å². The molecule has 0 aliphatic heterocycles. The van der Waals surface area contributed by atoms with Gasteiger partial charge in [0.25, 0.3) is 0 Å². The summed E-state index contributed by atoms with van der Waals surface area (Å²) in [5.41, 5.74) is 3.32. The fourth-order valence-electron chi connectivity index (χ4n) is 2.72. The van der Waals surface area contributed by atoms with Gasteiger partial charge < -0.3 is 0 Å². The van der Waals surface area contributed by atoms with Crippen LogP contribution in [0.25, 0.3) is 11.0 Å². The zero-order valence-corrected chi connectivity index (χ0v) is 15.5. The van der Waals surface area contributed by atoms with E-state index in [9.17, 15) is 4.79 Å². The molecule has 1 aromatic carbocycles. The Kier molecular flexibility index (Phi) is 4.45. The molecule has 0 fully saturated rings. The van der Waals surface area contributed by atoms with Crippen LogP contribution in [0.4, 0.5) is 0 Å². The normalized spacial score (nSPS) is 11.4. The van der Waals surface area contributed by atoms with Gasteiger partial charge in [-0.3, -0.25) is 0 Å². The molecule has 25 heavy (non-hydrogen) atoms. The Morgan fingerprint density at radius 2 is 1.88 bits per heavy atom. The van der Waals surface area contributed by atoms with Crippen LogP contribution in [0.5, 0.6) is 0 Å². The number of carbonyl (C=O) groups is 1. The predicted octanol–water partition coefficient (Wildman–Crippen LogP) is 2.45. The Morgan fingerprint density at radius 3 is 2.68 bits per heavy atom. The molecule has 4 nitrogen and oxygen atoms in total. The molecule has 0 amide bonds. The SMILES string of the molecule is O=C(c1ccc([AsH]Cc2ccccc2)nc1)c1c[nH]c2ncccc12. The molecule has 0 aliphatic carbocycles. The zero-order chi connectivity index (χ0) is 17.1. The van der Waals surface area contributed by atoms with Crippen LogP contribution in [0.2, 0.25) is 0 Å². The zero-order valence-electron chi connectivity index (χ0n) is 13.4. The van der Waals surface area contributed by atoms with Crippen molar-refractivity contribution in [3.63, 3.8) is 0 Å². The molecule has 0 aliphatic rings. The second-order valence-electron chi connectivity index (χ2n) is 5.70. The van der Waals surface area contributed by atoms with Gasteiger partial charge in [-0.1, -0.05) is 0 Å². The Morgan fingerprint density at radius 1 is 1.00 bits per heavy atom. The number of pyridine rings is 2. The minimum absolute atomic E-state index is 0.0265. The van der Waals surface area contributed by atoms with Gasteiger partial charge in [-0.05, 0) is 0 Å². The van der Waals surface area contributed by atoms with Gasteiger partial charge in [-0.15, -0.1) is 0 Å². The summed E-state index contributed by atoms with van der Waals surface area (Å²) >= 11 is -0.341. The average Bonchev–Trinajstić information content (AvgIpc) is 3.11. The number of hydrogen-bond donors (Lipinski definition) is 1. The van der Waals surface area contributed by atoms with Gasteiger partial charge in [0.1, 0.15) is 0 Å². The monoisotopic (exact) mass is 389 g/mol. The maximum atomic E-state index is 12.7. The van der Waals surface area contributed by atoms with Crippen molar-refractivity contribution in [2.45, 2.75) is 5.21 Å². The molecule has 5 heteroatoms. The van der Waals surface area contributed by atoms with Crippen LogP contribution in [0.3, 0.4) is 0 Å². The first kappa shape index (κ1) is 15.8. The van der Waals surface area contributed by atoms with Crippen LogP contribution in [-0.4, -0.2) is 36.5 Å². The molecule has 0 bridgehead atoms. The number of benzene rings is 1.